The number of nitrogens with zero attached hydrogens (tertiary/aromatic N) is 4. The Morgan fingerprint density at radius 2 is 2.15 bits per heavy atom. The molecule has 2 aliphatic rings. The summed E-state index contributed by atoms with van der Waals surface area (Å²) in [6, 6.07) is 9.85. The van der Waals surface area contributed by atoms with E-state index >= 15 is 0 Å². The second-order valence-electron chi connectivity index (χ2n) is 6.15. The molecule has 0 saturated heterocycles. The van der Waals surface area contributed by atoms with Gasteiger partial charge in [0, 0.05) is 42.1 Å². The normalized spacial score (nSPS) is 14.4. The zero-order chi connectivity index (χ0) is 18.1. The molecule has 1 amide bonds. The molecular formula is C20H16IN5O. The van der Waals surface area contributed by atoms with Crippen molar-refractivity contribution in [3.63, 3.8) is 0 Å². The summed E-state index contributed by atoms with van der Waals surface area (Å²) in [7, 11) is 0. The number of terminal acetylenes is 1. The van der Waals surface area contributed by atoms with E-state index in [1.807, 2.05) is 37.3 Å². The van der Waals surface area contributed by atoms with Gasteiger partial charge >= 0.3 is 0 Å². The summed E-state index contributed by atoms with van der Waals surface area (Å²) in [5.41, 5.74) is 4.94. The minimum absolute atomic E-state index is 0. The lowest BCUT2D eigenvalue weighted by atomic mass is 10.0. The Bertz CT molecular complexity index is 1110. The van der Waals surface area contributed by atoms with Crippen molar-refractivity contribution in [2.75, 3.05) is 5.32 Å². The molecule has 1 aliphatic carbocycles. The molecule has 27 heavy (non-hydrogen) atoms. The number of hydrogen-bond acceptors (Lipinski definition) is 4. The summed E-state index contributed by atoms with van der Waals surface area (Å²) >= 11 is 0. The molecule has 0 radical (unpaired) electrons. The van der Waals surface area contributed by atoms with Crippen molar-refractivity contribution in [3.8, 4) is 12.3 Å². The van der Waals surface area contributed by atoms with E-state index in [9.17, 15) is 4.79 Å². The van der Waals surface area contributed by atoms with Gasteiger partial charge in [0.1, 0.15) is 5.70 Å². The Morgan fingerprint density at radius 3 is 2.96 bits per heavy atom. The van der Waals surface area contributed by atoms with Crippen molar-refractivity contribution < 1.29 is 33.3 Å². The smallest absolute Gasteiger partial charge is 0.251 e. The molecular weight excluding hydrogens is 453 g/mol. The first kappa shape index (κ1) is 18.9. The summed E-state index contributed by atoms with van der Waals surface area (Å²) in [4.78, 5) is 12.6. The number of rotatable bonds is 3. The molecule has 2 heterocycles. The van der Waals surface area contributed by atoms with Crippen LogP contribution in [0.2, 0.25) is 0 Å². The lowest BCUT2D eigenvalue weighted by Gasteiger charge is -2.12. The Kier molecular flexibility index (Phi) is 5.46. The second kappa shape index (κ2) is 7.80. The van der Waals surface area contributed by atoms with Gasteiger partial charge in [-0.05, 0) is 35.4 Å². The number of pyridine rings is 1. The Balaban J connectivity index is 0.00000210. The van der Waals surface area contributed by atoms with Crippen LogP contribution in [0.1, 0.15) is 12.1 Å². The fourth-order valence-electron chi connectivity index (χ4n) is 3.08. The molecule has 4 rings (SSSR count). The van der Waals surface area contributed by atoms with Gasteiger partial charge in [0.25, 0.3) is 5.91 Å². The van der Waals surface area contributed by atoms with E-state index in [1.165, 1.54) is 0 Å². The number of amides is 1. The van der Waals surface area contributed by atoms with Crippen molar-refractivity contribution in [2.24, 2.45) is 15.4 Å². The summed E-state index contributed by atoms with van der Waals surface area (Å²) < 4.78 is 2.07. The van der Waals surface area contributed by atoms with Crippen LogP contribution in [-0.2, 0) is 11.3 Å². The molecule has 0 saturated carbocycles. The van der Waals surface area contributed by atoms with Gasteiger partial charge in [-0.15, -0.1) is 16.6 Å². The van der Waals surface area contributed by atoms with Gasteiger partial charge in [0.15, 0.2) is 5.69 Å². The van der Waals surface area contributed by atoms with E-state index in [0.29, 0.717) is 18.5 Å². The molecule has 6 nitrogen and oxygen atoms in total. The molecule has 1 aliphatic heterocycles. The Hall–Kier alpha value is -2.86. The highest BCUT2D eigenvalue weighted by Gasteiger charge is 2.22. The van der Waals surface area contributed by atoms with Gasteiger partial charge in [0.2, 0.25) is 12.1 Å². The van der Waals surface area contributed by atoms with Crippen molar-refractivity contribution in [1.29, 1.82) is 0 Å². The number of aromatic nitrogens is 1. The summed E-state index contributed by atoms with van der Waals surface area (Å²) in [5, 5.41) is 15.4. The zero-order valence-electron chi connectivity index (χ0n) is 14.6. The van der Waals surface area contributed by atoms with Gasteiger partial charge in [-0.3, -0.25) is 4.79 Å². The topological polar surface area (TPSA) is 70.1 Å². The van der Waals surface area contributed by atoms with Crippen molar-refractivity contribution in [2.45, 2.75) is 19.9 Å². The molecule has 1 aromatic carbocycles. The van der Waals surface area contributed by atoms with E-state index in [2.05, 4.69) is 31.2 Å². The van der Waals surface area contributed by atoms with E-state index < -0.39 is 0 Å². The predicted molar refractivity (Wildman–Crippen MR) is 99.4 cm³/mol. The average molecular weight is 469 g/mol. The highest BCUT2D eigenvalue weighted by Crippen LogP contribution is 2.23. The van der Waals surface area contributed by atoms with Crippen LogP contribution >= 0.6 is 0 Å². The van der Waals surface area contributed by atoms with Crippen LogP contribution in [-0.4, -0.2) is 11.6 Å². The summed E-state index contributed by atoms with van der Waals surface area (Å²) in [6.07, 6.45) is 9.43. The zero-order valence-corrected chi connectivity index (χ0v) is 16.8. The minimum atomic E-state index is -0.155. The van der Waals surface area contributed by atoms with Gasteiger partial charge in [-0.25, -0.2) is 0 Å². The van der Waals surface area contributed by atoms with E-state index in [1.54, 1.807) is 12.2 Å². The number of halogens is 1. The number of allylic oxidation sites excluding steroid dienone is 3. The summed E-state index contributed by atoms with van der Waals surface area (Å²) in [5.74, 6) is 2.52. The quantitative estimate of drug-likeness (QED) is 0.386. The van der Waals surface area contributed by atoms with E-state index in [0.717, 1.165) is 33.7 Å². The third kappa shape index (κ3) is 3.66. The third-order valence-corrected chi connectivity index (χ3v) is 4.46. The number of carbonyl (C=O) groups is 1. The first-order chi connectivity index (χ1) is 12.7. The van der Waals surface area contributed by atoms with Gasteiger partial charge in [-0.1, -0.05) is 6.08 Å². The fourth-order valence-corrected chi connectivity index (χ4v) is 3.08. The van der Waals surface area contributed by atoms with Crippen LogP contribution < -0.4 is 33.9 Å². The molecule has 0 bridgehead atoms. The van der Waals surface area contributed by atoms with Crippen LogP contribution in [0.15, 0.2) is 69.2 Å². The van der Waals surface area contributed by atoms with Crippen LogP contribution in [0.3, 0.4) is 0 Å². The SMILES string of the molecule is C#CC[n+]1c(C)ccc2cc(NC(=O)C3=CC=C4N=NN=C4C3)ccc21.[I-]. The molecule has 7 heteroatoms. The lowest BCUT2D eigenvalue weighted by molar-refractivity contribution is -0.664. The molecule has 1 N–H and O–H groups in total. The monoisotopic (exact) mass is 469 g/mol. The molecule has 134 valence electrons. The van der Waals surface area contributed by atoms with E-state index in [4.69, 9.17) is 6.42 Å². The molecule has 0 spiro atoms. The third-order valence-electron chi connectivity index (χ3n) is 4.46. The van der Waals surface area contributed by atoms with E-state index in [-0.39, 0.29) is 29.9 Å². The number of benzene rings is 1. The number of anilines is 1. The van der Waals surface area contributed by atoms with Crippen LogP contribution in [0.25, 0.3) is 10.9 Å². The summed E-state index contributed by atoms with van der Waals surface area (Å²) in [6.45, 7) is 2.53. The van der Waals surface area contributed by atoms with Crippen LogP contribution in [0.4, 0.5) is 5.69 Å². The predicted octanol–water partition coefficient (Wildman–Crippen LogP) is 0.0472. The number of aryl methyl sites for hydroxylation is 1. The number of fused-ring (bicyclic) bond motifs is 2. The van der Waals surface area contributed by atoms with Crippen LogP contribution in [0, 0.1) is 19.3 Å². The number of hydrogen-bond donors (Lipinski definition) is 1. The highest BCUT2D eigenvalue weighted by molar-refractivity contribution is 6.13. The Labute approximate surface area is 173 Å². The van der Waals surface area contributed by atoms with Gasteiger partial charge in [0.05, 0.1) is 5.71 Å². The molecule has 2 aromatic rings. The number of carbonyl (C=O) groups excluding carboxylic acids is 1. The maximum absolute atomic E-state index is 12.6. The number of nitrogens with one attached hydrogen (secondary N) is 1. The average Bonchev–Trinajstić information content (AvgIpc) is 3.12. The maximum atomic E-state index is 12.6. The lowest BCUT2D eigenvalue weighted by Crippen LogP contribution is -3.00. The molecule has 1 aromatic heterocycles. The standard InChI is InChI=1S/C20H15N5O.HI/c1-3-10-25-13(2)4-5-14-11-16(7-9-19(14)25)21-20(26)15-6-8-17-18(12-15)23-24-22-17;/h1,4-9,11H,10,12H2,2H3;1H. The first-order valence-corrected chi connectivity index (χ1v) is 8.22. The largest absolute Gasteiger partial charge is 1.00 e. The fraction of sp³-hybridized carbons (Fsp3) is 0.150. The molecule has 0 unspecified atom stereocenters. The first-order valence-electron chi connectivity index (χ1n) is 8.22. The van der Waals surface area contributed by atoms with Crippen molar-refractivity contribution >= 4 is 28.2 Å². The minimum Gasteiger partial charge on any atom is -1.00 e. The Morgan fingerprint density at radius 1 is 1.30 bits per heavy atom. The second-order valence-corrected chi connectivity index (χ2v) is 6.15. The van der Waals surface area contributed by atoms with Crippen molar-refractivity contribution in [1.82, 2.24) is 0 Å². The maximum Gasteiger partial charge on any atom is 0.251 e. The van der Waals surface area contributed by atoms with Crippen molar-refractivity contribution in [3.05, 3.63) is 59.4 Å². The molecule has 0 atom stereocenters. The molecule has 0 fully saturated rings. The van der Waals surface area contributed by atoms with Gasteiger partial charge < -0.3 is 29.3 Å². The van der Waals surface area contributed by atoms with Crippen LogP contribution in [0.5, 0.6) is 0 Å². The highest BCUT2D eigenvalue weighted by atomic mass is 127. The van der Waals surface area contributed by atoms with Gasteiger partial charge in [-0.2, -0.15) is 4.57 Å².